The van der Waals surface area contributed by atoms with E-state index in [9.17, 15) is 9.59 Å². The van der Waals surface area contributed by atoms with Gasteiger partial charge in [0.15, 0.2) is 11.5 Å². The van der Waals surface area contributed by atoms with Crippen molar-refractivity contribution in [3.05, 3.63) is 75.5 Å². The third-order valence-corrected chi connectivity index (χ3v) is 7.44. The molecular weight excluding hydrogens is 526 g/mol. The minimum absolute atomic E-state index is 0.0277. The number of amides is 3. The number of benzene rings is 2. The van der Waals surface area contributed by atoms with Crippen molar-refractivity contribution in [2.45, 2.75) is 40.2 Å². The molecule has 0 aliphatic carbocycles. The van der Waals surface area contributed by atoms with Gasteiger partial charge in [-0.15, -0.1) is 11.3 Å². The van der Waals surface area contributed by atoms with Gasteiger partial charge in [0.1, 0.15) is 6.54 Å². The SMILES string of the molecule is CCOCCCN(CC(=O)N(CCc1ccc(OC)c(OC)c1)Cc1ccc(C)s1)C(=O)Nc1ccc(C)cc1. The molecule has 3 rings (SSSR count). The van der Waals surface area contributed by atoms with Crippen molar-refractivity contribution >= 4 is 29.0 Å². The fourth-order valence-electron chi connectivity index (χ4n) is 4.21. The van der Waals surface area contributed by atoms with Gasteiger partial charge >= 0.3 is 6.03 Å². The van der Waals surface area contributed by atoms with E-state index in [1.54, 1.807) is 30.5 Å². The molecule has 0 spiro atoms. The Morgan fingerprint density at radius 3 is 2.30 bits per heavy atom. The highest BCUT2D eigenvalue weighted by Crippen LogP contribution is 2.28. The molecule has 3 amide bonds. The lowest BCUT2D eigenvalue weighted by Crippen LogP contribution is -2.45. The van der Waals surface area contributed by atoms with Crippen LogP contribution < -0.4 is 14.8 Å². The van der Waals surface area contributed by atoms with E-state index in [4.69, 9.17) is 14.2 Å². The molecule has 216 valence electrons. The van der Waals surface area contributed by atoms with Crippen LogP contribution in [-0.4, -0.2) is 68.8 Å². The van der Waals surface area contributed by atoms with Crippen molar-refractivity contribution in [1.82, 2.24) is 9.80 Å². The Bertz CT molecular complexity index is 1230. The van der Waals surface area contributed by atoms with Gasteiger partial charge in [0, 0.05) is 41.7 Å². The van der Waals surface area contributed by atoms with Crippen LogP contribution in [0.15, 0.2) is 54.6 Å². The number of anilines is 1. The molecule has 1 heterocycles. The lowest BCUT2D eigenvalue weighted by atomic mass is 10.1. The summed E-state index contributed by atoms with van der Waals surface area (Å²) in [4.78, 5) is 32.7. The molecule has 8 nitrogen and oxygen atoms in total. The van der Waals surface area contributed by atoms with Crippen molar-refractivity contribution in [3.8, 4) is 11.5 Å². The first-order valence-electron chi connectivity index (χ1n) is 13.6. The van der Waals surface area contributed by atoms with E-state index in [0.717, 1.165) is 16.0 Å². The number of rotatable bonds is 15. The zero-order valence-corrected chi connectivity index (χ0v) is 25.0. The van der Waals surface area contributed by atoms with Gasteiger partial charge in [0.25, 0.3) is 0 Å². The van der Waals surface area contributed by atoms with Crippen LogP contribution in [0.2, 0.25) is 0 Å². The summed E-state index contributed by atoms with van der Waals surface area (Å²) in [5.41, 5.74) is 2.83. The Kier molecular flexibility index (Phi) is 12.3. The van der Waals surface area contributed by atoms with Gasteiger partial charge in [-0.1, -0.05) is 23.8 Å². The average molecular weight is 568 g/mol. The Morgan fingerprint density at radius 2 is 1.65 bits per heavy atom. The summed E-state index contributed by atoms with van der Waals surface area (Å²) in [5.74, 6) is 1.21. The van der Waals surface area contributed by atoms with Crippen LogP contribution >= 0.6 is 11.3 Å². The van der Waals surface area contributed by atoms with Crippen molar-refractivity contribution in [2.24, 2.45) is 0 Å². The Labute approximate surface area is 241 Å². The number of methoxy groups -OCH3 is 2. The molecule has 0 fully saturated rings. The summed E-state index contributed by atoms with van der Waals surface area (Å²) in [7, 11) is 3.22. The number of hydrogen-bond acceptors (Lipinski definition) is 6. The summed E-state index contributed by atoms with van der Waals surface area (Å²) < 4.78 is 16.3. The molecule has 3 aromatic rings. The van der Waals surface area contributed by atoms with E-state index in [1.807, 2.05) is 61.2 Å². The van der Waals surface area contributed by atoms with E-state index in [1.165, 1.54) is 4.88 Å². The number of aryl methyl sites for hydroxylation is 2. The fraction of sp³-hybridized carbons (Fsp3) is 0.419. The third-order valence-electron chi connectivity index (χ3n) is 6.45. The number of nitrogens with one attached hydrogen (secondary N) is 1. The molecule has 40 heavy (non-hydrogen) atoms. The smallest absolute Gasteiger partial charge is 0.322 e. The first-order chi connectivity index (χ1) is 19.3. The maximum absolute atomic E-state index is 13.7. The molecule has 1 aromatic heterocycles. The molecule has 9 heteroatoms. The molecule has 0 saturated carbocycles. The average Bonchev–Trinajstić information content (AvgIpc) is 3.37. The molecule has 0 bridgehead atoms. The minimum atomic E-state index is -0.305. The lowest BCUT2D eigenvalue weighted by Gasteiger charge is -2.28. The molecule has 0 saturated heterocycles. The van der Waals surface area contributed by atoms with Gasteiger partial charge in [0.05, 0.1) is 20.8 Å². The van der Waals surface area contributed by atoms with Crippen molar-refractivity contribution in [2.75, 3.05) is 52.4 Å². The number of hydrogen-bond donors (Lipinski definition) is 1. The Balaban J connectivity index is 1.75. The van der Waals surface area contributed by atoms with E-state index < -0.39 is 0 Å². The first kappa shape index (κ1) is 31.0. The highest BCUT2D eigenvalue weighted by Gasteiger charge is 2.22. The van der Waals surface area contributed by atoms with E-state index >= 15 is 0 Å². The molecule has 0 aliphatic heterocycles. The van der Waals surface area contributed by atoms with Crippen LogP contribution in [0.5, 0.6) is 11.5 Å². The summed E-state index contributed by atoms with van der Waals surface area (Å²) in [6.07, 6.45) is 1.27. The van der Waals surface area contributed by atoms with Gasteiger partial charge in [-0.2, -0.15) is 0 Å². The molecule has 0 unspecified atom stereocenters. The maximum Gasteiger partial charge on any atom is 0.322 e. The van der Waals surface area contributed by atoms with Crippen molar-refractivity contribution < 1.29 is 23.8 Å². The van der Waals surface area contributed by atoms with Gasteiger partial charge in [0.2, 0.25) is 5.91 Å². The predicted octanol–water partition coefficient (Wildman–Crippen LogP) is 5.91. The van der Waals surface area contributed by atoms with Crippen LogP contribution in [0.25, 0.3) is 0 Å². The standard InChI is InChI=1S/C31H41N3O5S/c1-6-39-19-7-17-34(31(36)32-26-12-8-23(2)9-13-26)22-30(35)33(21-27-14-10-24(3)40-27)18-16-25-11-15-28(37-4)29(20-25)38-5/h8-15,20H,6-7,16-19,21-22H2,1-5H3,(H,32,36). The second-order valence-electron chi connectivity index (χ2n) is 9.54. The second kappa shape index (κ2) is 15.9. The number of ether oxygens (including phenoxy) is 3. The van der Waals surface area contributed by atoms with E-state index in [0.29, 0.717) is 62.9 Å². The third kappa shape index (κ3) is 9.57. The van der Waals surface area contributed by atoms with Gasteiger partial charge in [-0.3, -0.25) is 4.79 Å². The lowest BCUT2D eigenvalue weighted by molar-refractivity contribution is -0.132. The number of carbonyl (C=O) groups excluding carboxylic acids is 2. The highest BCUT2D eigenvalue weighted by atomic mass is 32.1. The number of urea groups is 1. The molecule has 0 atom stereocenters. The Hall–Kier alpha value is -3.56. The fourth-order valence-corrected chi connectivity index (χ4v) is 5.11. The molecular formula is C31H41N3O5S. The van der Waals surface area contributed by atoms with Crippen LogP contribution in [0.1, 0.15) is 34.2 Å². The summed E-state index contributed by atoms with van der Waals surface area (Å²) >= 11 is 1.67. The predicted molar refractivity (Wildman–Crippen MR) is 161 cm³/mol. The van der Waals surface area contributed by atoms with Crippen LogP contribution in [0.3, 0.4) is 0 Å². The second-order valence-corrected chi connectivity index (χ2v) is 10.9. The Morgan fingerprint density at radius 1 is 0.900 bits per heavy atom. The van der Waals surface area contributed by atoms with Crippen LogP contribution in [0, 0.1) is 13.8 Å². The molecule has 2 aromatic carbocycles. The summed E-state index contributed by atoms with van der Waals surface area (Å²) in [6.45, 7) is 8.48. The van der Waals surface area contributed by atoms with Gasteiger partial charge < -0.3 is 29.3 Å². The summed E-state index contributed by atoms with van der Waals surface area (Å²) in [5, 5.41) is 2.94. The van der Waals surface area contributed by atoms with Crippen LogP contribution in [-0.2, 0) is 22.5 Å². The van der Waals surface area contributed by atoms with Crippen LogP contribution in [0.4, 0.5) is 10.5 Å². The largest absolute Gasteiger partial charge is 0.493 e. The zero-order valence-electron chi connectivity index (χ0n) is 24.2. The molecule has 1 N–H and O–H groups in total. The summed E-state index contributed by atoms with van der Waals surface area (Å²) in [6, 6.07) is 17.2. The number of carbonyl (C=O) groups is 2. The quantitative estimate of drug-likeness (QED) is 0.231. The molecule has 0 radical (unpaired) electrons. The number of nitrogens with zero attached hydrogens (tertiary/aromatic N) is 2. The molecule has 0 aliphatic rings. The topological polar surface area (TPSA) is 80.3 Å². The normalized spacial score (nSPS) is 10.7. The van der Waals surface area contributed by atoms with Gasteiger partial charge in [-0.25, -0.2) is 4.79 Å². The van der Waals surface area contributed by atoms with Gasteiger partial charge in [-0.05, 0) is 75.6 Å². The monoisotopic (exact) mass is 567 g/mol. The number of thiophene rings is 1. The van der Waals surface area contributed by atoms with Crippen molar-refractivity contribution in [1.29, 1.82) is 0 Å². The van der Waals surface area contributed by atoms with Crippen molar-refractivity contribution in [3.63, 3.8) is 0 Å². The zero-order chi connectivity index (χ0) is 28.9. The van der Waals surface area contributed by atoms with E-state index in [2.05, 4.69) is 24.4 Å². The first-order valence-corrected chi connectivity index (χ1v) is 14.4. The van der Waals surface area contributed by atoms with E-state index in [-0.39, 0.29) is 18.5 Å². The highest BCUT2D eigenvalue weighted by molar-refractivity contribution is 7.11. The minimum Gasteiger partial charge on any atom is -0.493 e. The maximum atomic E-state index is 13.7.